The second-order valence-corrected chi connectivity index (χ2v) is 6.03. The van der Waals surface area contributed by atoms with Gasteiger partial charge in [0.25, 0.3) is 0 Å². The second kappa shape index (κ2) is 8.47. The van der Waals surface area contributed by atoms with Gasteiger partial charge >= 0.3 is 6.09 Å². The lowest BCUT2D eigenvalue weighted by Crippen LogP contribution is -2.34. The summed E-state index contributed by atoms with van der Waals surface area (Å²) in [6, 6.07) is 8.19. The first-order valence-corrected chi connectivity index (χ1v) is 7.64. The lowest BCUT2D eigenvalue weighted by Gasteiger charge is -2.23. The largest absolute Gasteiger partial charge is 0.445 e. The molecule has 0 saturated heterocycles. The minimum Gasteiger partial charge on any atom is -0.445 e. The standard InChI is InChI=1S/C18H28N2O2/c1-14(2)17-9-7-16(8-10-17)13-22-18(21)20(6)12-11-19(5)15(3)4/h7-10,14H,3,11-13H2,1-2,4-6H3. The molecule has 0 spiro atoms. The summed E-state index contributed by atoms with van der Waals surface area (Å²) in [5.41, 5.74) is 3.27. The number of likely N-dealkylation sites (N-methyl/N-ethyl adjacent to an activating group) is 2. The van der Waals surface area contributed by atoms with Crippen LogP contribution in [-0.2, 0) is 11.3 Å². The molecule has 0 unspecified atom stereocenters. The molecule has 0 heterocycles. The summed E-state index contributed by atoms with van der Waals surface area (Å²) >= 11 is 0. The number of benzene rings is 1. The van der Waals surface area contributed by atoms with Crippen molar-refractivity contribution in [2.24, 2.45) is 0 Å². The first-order valence-electron chi connectivity index (χ1n) is 7.64. The van der Waals surface area contributed by atoms with Crippen molar-refractivity contribution in [2.45, 2.75) is 33.3 Å². The summed E-state index contributed by atoms with van der Waals surface area (Å²) in [7, 11) is 3.70. The topological polar surface area (TPSA) is 32.8 Å². The van der Waals surface area contributed by atoms with Gasteiger partial charge in [0.05, 0.1) is 0 Å². The van der Waals surface area contributed by atoms with E-state index in [1.807, 2.05) is 31.0 Å². The maximum Gasteiger partial charge on any atom is 0.409 e. The molecule has 22 heavy (non-hydrogen) atoms. The number of carbonyl (C=O) groups is 1. The van der Waals surface area contributed by atoms with Gasteiger partial charge < -0.3 is 14.5 Å². The molecule has 0 atom stereocenters. The van der Waals surface area contributed by atoms with Crippen molar-refractivity contribution < 1.29 is 9.53 Å². The first kappa shape index (κ1) is 18.1. The highest BCUT2D eigenvalue weighted by molar-refractivity contribution is 5.67. The van der Waals surface area contributed by atoms with Crippen LogP contribution in [0, 0.1) is 0 Å². The maximum absolute atomic E-state index is 11.9. The van der Waals surface area contributed by atoms with E-state index in [4.69, 9.17) is 4.74 Å². The summed E-state index contributed by atoms with van der Waals surface area (Å²) in [6.45, 7) is 11.8. The van der Waals surface area contributed by atoms with Crippen LogP contribution in [0.2, 0.25) is 0 Å². The Morgan fingerprint density at radius 1 is 1.14 bits per heavy atom. The number of rotatable bonds is 7. The molecule has 0 radical (unpaired) electrons. The first-order chi connectivity index (χ1) is 10.3. The Labute approximate surface area is 134 Å². The Bertz CT molecular complexity index is 494. The molecule has 0 aliphatic heterocycles. The zero-order chi connectivity index (χ0) is 16.7. The Morgan fingerprint density at radius 2 is 1.68 bits per heavy atom. The van der Waals surface area contributed by atoms with Gasteiger partial charge in [-0.05, 0) is 24.0 Å². The van der Waals surface area contributed by atoms with Gasteiger partial charge in [-0.15, -0.1) is 0 Å². The van der Waals surface area contributed by atoms with E-state index in [0.717, 1.165) is 17.8 Å². The predicted octanol–water partition coefficient (Wildman–Crippen LogP) is 3.84. The highest BCUT2D eigenvalue weighted by Gasteiger charge is 2.11. The third-order valence-electron chi connectivity index (χ3n) is 3.74. The van der Waals surface area contributed by atoms with Crippen LogP contribution in [-0.4, -0.2) is 43.1 Å². The number of allylic oxidation sites excluding steroid dienone is 1. The molecular weight excluding hydrogens is 276 g/mol. The summed E-state index contributed by atoms with van der Waals surface area (Å²) in [5.74, 6) is 0.507. The van der Waals surface area contributed by atoms with Crippen LogP contribution in [0.25, 0.3) is 0 Å². The summed E-state index contributed by atoms with van der Waals surface area (Å²) < 4.78 is 5.33. The molecule has 122 valence electrons. The van der Waals surface area contributed by atoms with E-state index in [1.54, 1.807) is 11.9 Å². The number of hydrogen-bond acceptors (Lipinski definition) is 3. The van der Waals surface area contributed by atoms with Gasteiger partial charge in [-0.2, -0.15) is 0 Å². The molecule has 1 rings (SSSR count). The highest BCUT2D eigenvalue weighted by Crippen LogP contribution is 2.15. The maximum atomic E-state index is 11.9. The number of nitrogens with zero attached hydrogens (tertiary/aromatic N) is 2. The molecule has 0 aromatic heterocycles. The van der Waals surface area contributed by atoms with Crippen molar-refractivity contribution in [2.75, 3.05) is 27.2 Å². The molecule has 0 N–H and O–H groups in total. The normalized spacial score (nSPS) is 10.5. The summed E-state index contributed by atoms with van der Waals surface area (Å²) in [6.07, 6.45) is -0.303. The average Bonchev–Trinajstić information content (AvgIpc) is 2.49. The molecule has 0 bridgehead atoms. The molecule has 0 aliphatic rings. The van der Waals surface area contributed by atoms with Crippen LogP contribution in [0.4, 0.5) is 4.79 Å². The van der Waals surface area contributed by atoms with E-state index < -0.39 is 0 Å². The van der Waals surface area contributed by atoms with E-state index in [0.29, 0.717) is 19.1 Å². The van der Waals surface area contributed by atoms with Gasteiger partial charge in [-0.3, -0.25) is 0 Å². The van der Waals surface area contributed by atoms with E-state index in [1.165, 1.54) is 5.56 Å². The average molecular weight is 304 g/mol. The molecule has 4 nitrogen and oxygen atoms in total. The van der Waals surface area contributed by atoms with Crippen molar-refractivity contribution in [3.05, 3.63) is 47.7 Å². The number of ether oxygens (including phenoxy) is 1. The molecule has 1 aromatic rings. The van der Waals surface area contributed by atoms with E-state index in [9.17, 15) is 4.79 Å². The third-order valence-corrected chi connectivity index (χ3v) is 3.74. The van der Waals surface area contributed by atoms with Gasteiger partial charge in [0.2, 0.25) is 0 Å². The summed E-state index contributed by atoms with van der Waals surface area (Å²) in [5, 5.41) is 0. The van der Waals surface area contributed by atoms with Crippen molar-refractivity contribution in [3.8, 4) is 0 Å². The molecule has 0 aliphatic carbocycles. The van der Waals surface area contributed by atoms with E-state index in [-0.39, 0.29) is 6.09 Å². The zero-order valence-electron chi connectivity index (χ0n) is 14.4. The van der Waals surface area contributed by atoms with Crippen molar-refractivity contribution in [1.82, 2.24) is 9.80 Å². The molecule has 1 aromatic carbocycles. The van der Waals surface area contributed by atoms with Crippen LogP contribution < -0.4 is 0 Å². The minimum atomic E-state index is -0.303. The summed E-state index contributed by atoms with van der Waals surface area (Å²) in [4.78, 5) is 15.5. The Morgan fingerprint density at radius 3 is 2.18 bits per heavy atom. The van der Waals surface area contributed by atoms with Crippen LogP contribution >= 0.6 is 0 Å². The molecule has 4 heteroatoms. The SMILES string of the molecule is C=C(C)N(C)CCN(C)C(=O)OCc1ccc(C(C)C)cc1. The van der Waals surface area contributed by atoms with E-state index >= 15 is 0 Å². The van der Waals surface area contributed by atoms with Gasteiger partial charge in [-0.25, -0.2) is 4.79 Å². The highest BCUT2D eigenvalue weighted by atomic mass is 16.6. The number of carbonyl (C=O) groups excluding carboxylic acids is 1. The Kier molecular flexibility index (Phi) is 6.96. The van der Waals surface area contributed by atoms with Crippen LogP contribution in [0.1, 0.15) is 37.8 Å². The van der Waals surface area contributed by atoms with Gasteiger partial charge in [-0.1, -0.05) is 44.7 Å². The molecular formula is C18H28N2O2. The van der Waals surface area contributed by atoms with Gasteiger partial charge in [0.1, 0.15) is 6.61 Å². The Balaban J connectivity index is 2.40. The second-order valence-electron chi connectivity index (χ2n) is 6.03. The minimum absolute atomic E-state index is 0.303. The third kappa shape index (κ3) is 5.80. The van der Waals surface area contributed by atoms with Gasteiger partial charge in [0.15, 0.2) is 0 Å². The number of amides is 1. The zero-order valence-corrected chi connectivity index (χ0v) is 14.4. The monoisotopic (exact) mass is 304 g/mol. The van der Waals surface area contributed by atoms with Crippen LogP contribution in [0.3, 0.4) is 0 Å². The van der Waals surface area contributed by atoms with E-state index in [2.05, 4.69) is 32.6 Å². The van der Waals surface area contributed by atoms with Crippen molar-refractivity contribution in [3.63, 3.8) is 0 Å². The lowest BCUT2D eigenvalue weighted by molar-refractivity contribution is 0.103. The molecule has 0 saturated carbocycles. The Hall–Kier alpha value is -1.97. The quantitative estimate of drug-likeness (QED) is 0.767. The van der Waals surface area contributed by atoms with Crippen LogP contribution in [0.15, 0.2) is 36.5 Å². The van der Waals surface area contributed by atoms with Crippen molar-refractivity contribution in [1.29, 1.82) is 0 Å². The molecule has 0 fully saturated rings. The van der Waals surface area contributed by atoms with Gasteiger partial charge in [0, 0.05) is 32.9 Å². The lowest BCUT2D eigenvalue weighted by atomic mass is 10.0. The van der Waals surface area contributed by atoms with Crippen LogP contribution in [0.5, 0.6) is 0 Å². The fourth-order valence-electron chi connectivity index (χ4n) is 1.84. The smallest absolute Gasteiger partial charge is 0.409 e. The number of hydrogen-bond donors (Lipinski definition) is 0. The fourth-order valence-corrected chi connectivity index (χ4v) is 1.84. The van der Waals surface area contributed by atoms with Crippen molar-refractivity contribution >= 4 is 6.09 Å². The predicted molar refractivity (Wildman–Crippen MR) is 90.8 cm³/mol. The molecule has 1 amide bonds. The fraction of sp³-hybridized carbons (Fsp3) is 0.500.